The molecule has 0 aromatic heterocycles. The summed E-state index contributed by atoms with van der Waals surface area (Å²) in [5, 5.41) is 28.6. The number of para-hydroxylation sites is 1. The molecular weight excluding hydrogens is 325 g/mol. The van der Waals surface area contributed by atoms with Crippen LogP contribution in [-0.4, -0.2) is 60.7 Å². The zero-order valence-corrected chi connectivity index (χ0v) is 13.8. The van der Waals surface area contributed by atoms with E-state index in [2.05, 4.69) is 16.0 Å². The fourth-order valence-electron chi connectivity index (χ4n) is 3.24. The number of hydrogen-bond acceptors (Lipinski definition) is 6. The molecule has 9 heteroatoms. The Morgan fingerprint density at radius 1 is 1.32 bits per heavy atom. The van der Waals surface area contributed by atoms with Crippen molar-refractivity contribution in [3.05, 3.63) is 29.3 Å². The van der Waals surface area contributed by atoms with Gasteiger partial charge in [0.2, 0.25) is 5.91 Å². The minimum atomic E-state index is -1.28. The highest BCUT2D eigenvalue weighted by atomic mass is 16.5. The average molecular weight is 347 g/mol. The maximum atomic E-state index is 12.1. The molecule has 2 aliphatic rings. The summed E-state index contributed by atoms with van der Waals surface area (Å²) in [6.45, 7) is 2.06. The van der Waals surface area contributed by atoms with Gasteiger partial charge in [-0.1, -0.05) is 12.1 Å². The molecule has 25 heavy (non-hydrogen) atoms. The molecule has 2 aliphatic heterocycles. The predicted octanol–water partition coefficient (Wildman–Crippen LogP) is -0.834. The maximum Gasteiger partial charge on any atom is 0.547 e. The van der Waals surface area contributed by atoms with Crippen LogP contribution in [0.15, 0.2) is 18.2 Å². The van der Waals surface area contributed by atoms with E-state index >= 15 is 0 Å². The Kier molecular flexibility index (Phi) is 5.57. The molecule has 0 aliphatic carbocycles. The normalized spacial score (nSPS) is 20.5. The fraction of sp³-hybridized carbons (Fsp3) is 0.500. The molecule has 8 nitrogen and oxygen atoms in total. The Balaban J connectivity index is 1.57. The first-order chi connectivity index (χ1) is 12.0. The first kappa shape index (κ1) is 17.7. The Morgan fingerprint density at radius 3 is 2.80 bits per heavy atom. The van der Waals surface area contributed by atoms with Gasteiger partial charge in [0.05, 0.1) is 18.0 Å². The standard InChI is InChI=1S/C16H22BN3O5/c21-14(9-19-11-4-6-18-7-5-11)20-13-8-10-2-1-3-12(16(22)23)15(10)25-17(13)24/h1-3,11,13,18-19,24H,4-9H2,(H,20,21)(H,22,23). The minimum Gasteiger partial charge on any atom is -0.534 e. The van der Waals surface area contributed by atoms with Crippen molar-refractivity contribution in [2.45, 2.75) is 31.2 Å². The second-order valence-corrected chi connectivity index (χ2v) is 6.39. The van der Waals surface area contributed by atoms with E-state index in [4.69, 9.17) is 4.65 Å². The van der Waals surface area contributed by atoms with Crippen LogP contribution in [0.1, 0.15) is 28.8 Å². The van der Waals surface area contributed by atoms with Gasteiger partial charge in [0.25, 0.3) is 0 Å². The number of amides is 1. The largest absolute Gasteiger partial charge is 0.547 e. The molecule has 1 amide bonds. The van der Waals surface area contributed by atoms with Crippen LogP contribution in [0.25, 0.3) is 0 Å². The van der Waals surface area contributed by atoms with E-state index in [0.717, 1.165) is 25.9 Å². The van der Waals surface area contributed by atoms with E-state index in [0.29, 0.717) is 18.0 Å². The zero-order valence-electron chi connectivity index (χ0n) is 13.8. The molecule has 1 unspecified atom stereocenters. The molecule has 1 saturated heterocycles. The summed E-state index contributed by atoms with van der Waals surface area (Å²) in [6, 6.07) is 5.11. The minimum absolute atomic E-state index is 0.00824. The fourth-order valence-corrected chi connectivity index (χ4v) is 3.24. The van der Waals surface area contributed by atoms with Crippen LogP contribution < -0.4 is 20.6 Å². The number of nitrogens with one attached hydrogen (secondary N) is 3. The van der Waals surface area contributed by atoms with Crippen LogP contribution in [0.5, 0.6) is 5.75 Å². The van der Waals surface area contributed by atoms with Crippen molar-refractivity contribution in [2.75, 3.05) is 19.6 Å². The van der Waals surface area contributed by atoms with Gasteiger partial charge in [0.1, 0.15) is 5.75 Å². The topological polar surface area (TPSA) is 120 Å². The van der Waals surface area contributed by atoms with Gasteiger partial charge in [0, 0.05) is 6.04 Å². The van der Waals surface area contributed by atoms with E-state index in [1.165, 1.54) is 6.07 Å². The Hall–Kier alpha value is -2.10. The van der Waals surface area contributed by atoms with Gasteiger partial charge in [-0.25, -0.2) is 4.79 Å². The molecule has 0 saturated carbocycles. The first-order valence-corrected chi connectivity index (χ1v) is 8.48. The molecule has 0 bridgehead atoms. The summed E-state index contributed by atoms with van der Waals surface area (Å²) in [5.74, 6) is -1.78. The summed E-state index contributed by atoms with van der Waals surface area (Å²) >= 11 is 0. The molecule has 1 aromatic rings. The van der Waals surface area contributed by atoms with Gasteiger partial charge >= 0.3 is 13.1 Å². The second kappa shape index (κ2) is 7.86. The molecule has 1 fully saturated rings. The van der Waals surface area contributed by atoms with Gasteiger partial charge in [0.15, 0.2) is 0 Å². The van der Waals surface area contributed by atoms with Crippen molar-refractivity contribution >= 4 is 19.0 Å². The average Bonchev–Trinajstić information content (AvgIpc) is 2.61. The number of carbonyl (C=O) groups is 2. The van der Waals surface area contributed by atoms with E-state index in [9.17, 15) is 19.7 Å². The third-order valence-electron chi connectivity index (χ3n) is 4.59. The van der Waals surface area contributed by atoms with Crippen molar-refractivity contribution in [2.24, 2.45) is 0 Å². The quantitative estimate of drug-likeness (QED) is 0.441. The van der Waals surface area contributed by atoms with Gasteiger partial charge in [-0.05, 0) is 44.0 Å². The molecule has 3 rings (SSSR count). The van der Waals surface area contributed by atoms with Gasteiger partial charge in [-0.3, -0.25) is 4.79 Å². The van der Waals surface area contributed by atoms with Crippen LogP contribution in [0.4, 0.5) is 0 Å². The molecule has 5 N–H and O–H groups in total. The monoisotopic (exact) mass is 347 g/mol. The van der Waals surface area contributed by atoms with Crippen molar-refractivity contribution in [3.8, 4) is 5.75 Å². The van der Waals surface area contributed by atoms with E-state index in [-0.39, 0.29) is 23.8 Å². The lowest BCUT2D eigenvalue weighted by Crippen LogP contribution is -2.55. The third-order valence-corrected chi connectivity index (χ3v) is 4.59. The lowest BCUT2D eigenvalue weighted by atomic mass is 9.72. The molecular formula is C16H22BN3O5. The first-order valence-electron chi connectivity index (χ1n) is 8.48. The van der Waals surface area contributed by atoms with Gasteiger partial charge in [-0.15, -0.1) is 0 Å². The number of piperidine rings is 1. The van der Waals surface area contributed by atoms with Crippen LogP contribution in [0.2, 0.25) is 0 Å². The highest BCUT2D eigenvalue weighted by Gasteiger charge is 2.37. The van der Waals surface area contributed by atoms with Crippen molar-refractivity contribution < 1.29 is 24.4 Å². The highest BCUT2D eigenvalue weighted by molar-refractivity contribution is 6.47. The van der Waals surface area contributed by atoms with E-state index in [1.807, 2.05) is 0 Å². The number of aromatic carboxylic acids is 1. The van der Waals surface area contributed by atoms with E-state index in [1.54, 1.807) is 12.1 Å². The summed E-state index contributed by atoms with van der Waals surface area (Å²) in [6.07, 6.45) is 2.28. The number of carboxylic acid groups (broad SMARTS) is 1. The molecule has 0 radical (unpaired) electrons. The lowest BCUT2D eigenvalue weighted by Gasteiger charge is -2.29. The highest BCUT2D eigenvalue weighted by Crippen LogP contribution is 2.30. The van der Waals surface area contributed by atoms with Crippen LogP contribution in [0.3, 0.4) is 0 Å². The number of benzene rings is 1. The molecule has 0 spiro atoms. The number of carboxylic acids is 1. The summed E-state index contributed by atoms with van der Waals surface area (Å²) in [5.41, 5.74) is 0.663. The Morgan fingerprint density at radius 2 is 2.08 bits per heavy atom. The second-order valence-electron chi connectivity index (χ2n) is 6.39. The van der Waals surface area contributed by atoms with Gasteiger partial charge in [-0.2, -0.15) is 0 Å². The smallest absolute Gasteiger partial charge is 0.534 e. The summed E-state index contributed by atoms with van der Waals surface area (Å²) < 4.78 is 5.36. The van der Waals surface area contributed by atoms with Crippen molar-refractivity contribution in [1.29, 1.82) is 0 Å². The van der Waals surface area contributed by atoms with Crippen LogP contribution in [0, 0.1) is 0 Å². The van der Waals surface area contributed by atoms with E-state index < -0.39 is 19.0 Å². The molecule has 1 atom stereocenters. The van der Waals surface area contributed by atoms with Crippen molar-refractivity contribution in [3.63, 3.8) is 0 Å². The zero-order chi connectivity index (χ0) is 17.8. The number of hydrogen-bond donors (Lipinski definition) is 5. The Bertz CT molecular complexity index is 651. The predicted molar refractivity (Wildman–Crippen MR) is 91.5 cm³/mol. The lowest BCUT2D eigenvalue weighted by molar-refractivity contribution is -0.120. The maximum absolute atomic E-state index is 12.1. The molecule has 134 valence electrons. The molecule has 2 heterocycles. The van der Waals surface area contributed by atoms with Crippen LogP contribution in [-0.2, 0) is 11.2 Å². The number of rotatable bonds is 5. The summed E-state index contributed by atoms with van der Waals surface area (Å²) in [7, 11) is -1.28. The summed E-state index contributed by atoms with van der Waals surface area (Å²) in [4.78, 5) is 23.4. The third kappa shape index (κ3) is 4.30. The Labute approximate surface area is 146 Å². The number of fused-ring (bicyclic) bond motifs is 1. The van der Waals surface area contributed by atoms with Gasteiger partial charge < -0.3 is 30.7 Å². The molecule has 1 aromatic carbocycles. The van der Waals surface area contributed by atoms with Crippen molar-refractivity contribution in [1.82, 2.24) is 16.0 Å². The van der Waals surface area contributed by atoms with Crippen LogP contribution >= 0.6 is 0 Å². The number of carbonyl (C=O) groups excluding carboxylic acids is 1. The SMILES string of the molecule is O=C(CNC1CCNCC1)NC1Cc2cccc(C(=O)O)c2OB1O.